The topological polar surface area (TPSA) is 17.1 Å². The van der Waals surface area contributed by atoms with E-state index in [2.05, 4.69) is 6.92 Å². The molecule has 0 fully saturated rings. The van der Waals surface area contributed by atoms with E-state index in [4.69, 9.17) is 0 Å². The Kier molecular flexibility index (Phi) is 2.86. The van der Waals surface area contributed by atoms with Gasteiger partial charge in [-0.05, 0) is 38.8 Å². The smallest absolute Gasteiger partial charge is 0.163 e. The Balaban J connectivity index is 3.28. The zero-order valence-corrected chi connectivity index (χ0v) is 8.48. The summed E-state index contributed by atoms with van der Waals surface area (Å²) in [5.41, 5.74) is 4.17. The molecule has 1 aromatic rings. The average molecular weight is 175 g/mol. The molecule has 13 heavy (non-hydrogen) atoms. The first-order valence-electron chi connectivity index (χ1n) is 4.46. The quantitative estimate of drug-likeness (QED) is 0.631. The van der Waals surface area contributed by atoms with Gasteiger partial charge in [-0.1, -0.05) is 17.7 Å². The Bertz CT molecular complexity index is 314. The van der Waals surface area contributed by atoms with Crippen molar-refractivity contribution in [3.05, 3.63) is 41.3 Å². The lowest BCUT2D eigenvalue weighted by Gasteiger charge is -2.08. The predicted molar refractivity (Wildman–Crippen MR) is 55.0 cm³/mol. The summed E-state index contributed by atoms with van der Waals surface area (Å²) in [5.74, 6) is 0.134. The van der Waals surface area contributed by atoms with Gasteiger partial charge >= 0.3 is 0 Å². The summed E-state index contributed by atoms with van der Waals surface area (Å²) in [5, 5.41) is 0. The van der Waals surface area contributed by atoms with E-state index >= 15 is 0 Å². The van der Waals surface area contributed by atoms with Crippen molar-refractivity contribution in [2.45, 2.75) is 27.2 Å². The Morgan fingerprint density at radius 1 is 1.23 bits per heavy atom. The minimum absolute atomic E-state index is 0.134. The zero-order chi connectivity index (χ0) is 10.0. The third-order valence-corrected chi connectivity index (χ3v) is 2.18. The number of hydrogen-bond donors (Lipinski definition) is 0. The monoisotopic (exact) mass is 175 g/mol. The molecule has 0 heterocycles. The van der Waals surface area contributed by atoms with E-state index in [9.17, 15) is 4.79 Å². The van der Waals surface area contributed by atoms with Gasteiger partial charge in [0.2, 0.25) is 0 Å². The van der Waals surface area contributed by atoms with Crippen molar-refractivity contribution in [2.75, 3.05) is 0 Å². The van der Waals surface area contributed by atoms with E-state index in [1.54, 1.807) is 0 Å². The SMILES string of the molecule is [CH2]CC(=O)c1c(C)cc(C)cc1C. The molecule has 0 aliphatic carbocycles. The third-order valence-electron chi connectivity index (χ3n) is 2.18. The molecular weight excluding hydrogens is 160 g/mol. The molecule has 1 heteroatoms. The van der Waals surface area contributed by atoms with Crippen LogP contribution in [0.1, 0.15) is 33.5 Å². The maximum atomic E-state index is 11.5. The lowest BCUT2D eigenvalue weighted by molar-refractivity contribution is 0.0994. The lowest BCUT2D eigenvalue weighted by Crippen LogP contribution is -2.03. The maximum Gasteiger partial charge on any atom is 0.163 e. The summed E-state index contributed by atoms with van der Waals surface area (Å²) in [6, 6.07) is 4.08. The van der Waals surface area contributed by atoms with Gasteiger partial charge in [0.15, 0.2) is 5.78 Å². The number of benzene rings is 1. The minimum Gasteiger partial charge on any atom is -0.294 e. The van der Waals surface area contributed by atoms with Crippen molar-refractivity contribution in [3.8, 4) is 0 Å². The van der Waals surface area contributed by atoms with Crippen LogP contribution in [0, 0.1) is 27.7 Å². The fraction of sp³-hybridized carbons (Fsp3) is 0.333. The van der Waals surface area contributed by atoms with Crippen molar-refractivity contribution in [1.82, 2.24) is 0 Å². The molecule has 1 nitrogen and oxygen atoms in total. The first-order valence-corrected chi connectivity index (χ1v) is 4.46. The fourth-order valence-electron chi connectivity index (χ4n) is 1.74. The fourth-order valence-corrected chi connectivity index (χ4v) is 1.74. The number of rotatable bonds is 2. The second-order valence-corrected chi connectivity index (χ2v) is 3.45. The molecule has 0 saturated carbocycles. The lowest BCUT2D eigenvalue weighted by atomic mass is 9.96. The molecule has 69 valence electrons. The van der Waals surface area contributed by atoms with Crippen LogP contribution < -0.4 is 0 Å². The number of carbonyl (C=O) groups excluding carboxylic acids is 1. The normalized spacial score (nSPS) is 10.2. The van der Waals surface area contributed by atoms with Crippen LogP contribution in [-0.2, 0) is 0 Å². The van der Waals surface area contributed by atoms with E-state index in [0.29, 0.717) is 6.42 Å². The molecule has 0 saturated heterocycles. The summed E-state index contributed by atoms with van der Waals surface area (Å²) in [7, 11) is 0. The Labute approximate surface area is 79.8 Å². The van der Waals surface area contributed by atoms with Gasteiger partial charge in [-0.2, -0.15) is 0 Å². The van der Waals surface area contributed by atoms with Gasteiger partial charge in [-0.15, -0.1) is 0 Å². The van der Waals surface area contributed by atoms with Crippen molar-refractivity contribution in [2.24, 2.45) is 0 Å². The van der Waals surface area contributed by atoms with Crippen LogP contribution in [-0.4, -0.2) is 5.78 Å². The third kappa shape index (κ3) is 1.97. The number of Topliss-reactive ketones (excluding diaryl/α,β-unsaturated/α-hetero) is 1. The van der Waals surface area contributed by atoms with Gasteiger partial charge in [0.1, 0.15) is 0 Å². The van der Waals surface area contributed by atoms with Gasteiger partial charge in [0.25, 0.3) is 0 Å². The van der Waals surface area contributed by atoms with Crippen molar-refractivity contribution >= 4 is 5.78 Å². The van der Waals surface area contributed by atoms with Crippen LogP contribution in [0.15, 0.2) is 12.1 Å². The first-order chi connectivity index (χ1) is 6.06. The van der Waals surface area contributed by atoms with E-state index in [0.717, 1.165) is 16.7 Å². The summed E-state index contributed by atoms with van der Waals surface area (Å²) in [6.07, 6.45) is 0.338. The molecular formula is C12H15O. The molecule has 1 radical (unpaired) electrons. The van der Waals surface area contributed by atoms with Gasteiger partial charge in [0.05, 0.1) is 0 Å². The highest BCUT2D eigenvalue weighted by Crippen LogP contribution is 2.17. The standard InChI is InChI=1S/C12H15O/c1-5-11(13)12-9(3)6-8(2)7-10(12)4/h6-7H,1,5H2,2-4H3. The van der Waals surface area contributed by atoms with Gasteiger partial charge in [-0.25, -0.2) is 0 Å². The first kappa shape index (κ1) is 9.97. The molecule has 0 unspecified atom stereocenters. The number of hydrogen-bond acceptors (Lipinski definition) is 1. The highest BCUT2D eigenvalue weighted by Gasteiger charge is 2.09. The van der Waals surface area contributed by atoms with Crippen LogP contribution in [0.5, 0.6) is 0 Å². The molecule has 0 amide bonds. The maximum absolute atomic E-state index is 11.5. The zero-order valence-electron chi connectivity index (χ0n) is 8.48. The minimum atomic E-state index is 0.134. The molecule has 0 aromatic heterocycles. The van der Waals surface area contributed by atoms with E-state index in [1.165, 1.54) is 5.56 Å². The van der Waals surface area contributed by atoms with Crippen LogP contribution in [0.3, 0.4) is 0 Å². The van der Waals surface area contributed by atoms with Crippen LogP contribution in [0.25, 0.3) is 0 Å². The largest absolute Gasteiger partial charge is 0.294 e. The predicted octanol–water partition coefficient (Wildman–Crippen LogP) is 3.02. The summed E-state index contributed by atoms with van der Waals surface area (Å²) in [6.45, 7) is 9.61. The molecule has 1 rings (SSSR count). The van der Waals surface area contributed by atoms with Crippen LogP contribution >= 0.6 is 0 Å². The summed E-state index contributed by atoms with van der Waals surface area (Å²) < 4.78 is 0. The molecule has 0 aliphatic heterocycles. The van der Waals surface area contributed by atoms with Gasteiger partial charge in [0, 0.05) is 12.0 Å². The van der Waals surface area contributed by atoms with Gasteiger partial charge < -0.3 is 0 Å². The Hall–Kier alpha value is -1.11. The highest BCUT2D eigenvalue weighted by molar-refractivity contribution is 5.99. The van der Waals surface area contributed by atoms with E-state index in [1.807, 2.05) is 32.9 Å². The second-order valence-electron chi connectivity index (χ2n) is 3.45. The molecule has 0 aliphatic rings. The van der Waals surface area contributed by atoms with E-state index in [-0.39, 0.29) is 5.78 Å². The number of ketones is 1. The summed E-state index contributed by atoms with van der Waals surface area (Å²) in [4.78, 5) is 11.5. The van der Waals surface area contributed by atoms with Gasteiger partial charge in [-0.3, -0.25) is 4.79 Å². The van der Waals surface area contributed by atoms with Crippen molar-refractivity contribution in [1.29, 1.82) is 0 Å². The highest BCUT2D eigenvalue weighted by atomic mass is 16.1. The van der Waals surface area contributed by atoms with Crippen LogP contribution in [0.2, 0.25) is 0 Å². The molecule has 0 spiro atoms. The molecule has 1 aromatic carbocycles. The average Bonchev–Trinajstić information content (AvgIpc) is 2.02. The van der Waals surface area contributed by atoms with Crippen molar-refractivity contribution < 1.29 is 4.79 Å². The summed E-state index contributed by atoms with van der Waals surface area (Å²) >= 11 is 0. The van der Waals surface area contributed by atoms with E-state index < -0.39 is 0 Å². The Morgan fingerprint density at radius 3 is 2.08 bits per heavy atom. The Morgan fingerprint density at radius 2 is 1.69 bits per heavy atom. The molecule has 0 N–H and O–H groups in total. The number of aryl methyl sites for hydroxylation is 3. The second kappa shape index (κ2) is 3.73. The van der Waals surface area contributed by atoms with Crippen molar-refractivity contribution in [3.63, 3.8) is 0 Å². The molecule has 0 bridgehead atoms. The van der Waals surface area contributed by atoms with Crippen LogP contribution in [0.4, 0.5) is 0 Å². The molecule has 0 atom stereocenters. The number of carbonyl (C=O) groups is 1.